The molecule has 2 amide bonds. The monoisotopic (exact) mass is 399 g/mol. The van der Waals surface area contributed by atoms with Crippen LogP contribution < -0.4 is 10.6 Å². The summed E-state index contributed by atoms with van der Waals surface area (Å²) in [5.74, 6) is -0.417. The molecule has 1 aromatic heterocycles. The smallest absolute Gasteiger partial charge is 0.263 e. The SMILES string of the molecule is Cc1nc(CC(=O)Nc2ccccc2Cl)sc1C(=O)NCc1ccccc1. The van der Waals surface area contributed by atoms with E-state index in [2.05, 4.69) is 15.6 Å². The van der Waals surface area contributed by atoms with Crippen molar-refractivity contribution >= 4 is 40.4 Å². The topological polar surface area (TPSA) is 71.1 Å². The summed E-state index contributed by atoms with van der Waals surface area (Å²) in [7, 11) is 0. The van der Waals surface area contributed by atoms with Gasteiger partial charge >= 0.3 is 0 Å². The number of carbonyl (C=O) groups is 2. The van der Waals surface area contributed by atoms with Crippen LogP contribution in [0.4, 0.5) is 5.69 Å². The van der Waals surface area contributed by atoms with Gasteiger partial charge in [-0.1, -0.05) is 54.1 Å². The van der Waals surface area contributed by atoms with Crippen LogP contribution in [0.25, 0.3) is 0 Å². The van der Waals surface area contributed by atoms with E-state index >= 15 is 0 Å². The van der Waals surface area contributed by atoms with Gasteiger partial charge in [-0.2, -0.15) is 0 Å². The van der Waals surface area contributed by atoms with Crippen LogP contribution >= 0.6 is 22.9 Å². The molecule has 0 bridgehead atoms. The number of benzene rings is 2. The second-order valence-corrected chi connectivity index (χ2v) is 7.39. The van der Waals surface area contributed by atoms with Gasteiger partial charge in [0.05, 0.1) is 22.8 Å². The number of amides is 2. The van der Waals surface area contributed by atoms with E-state index in [4.69, 9.17) is 11.6 Å². The first-order valence-electron chi connectivity index (χ1n) is 8.35. The summed E-state index contributed by atoms with van der Waals surface area (Å²) >= 11 is 7.28. The first-order valence-corrected chi connectivity index (χ1v) is 9.55. The molecule has 0 saturated heterocycles. The van der Waals surface area contributed by atoms with Crippen LogP contribution in [0, 0.1) is 6.92 Å². The molecule has 0 fully saturated rings. The number of hydrogen-bond donors (Lipinski definition) is 2. The summed E-state index contributed by atoms with van der Waals surface area (Å²) in [5.41, 5.74) is 2.19. The highest BCUT2D eigenvalue weighted by Gasteiger charge is 2.17. The molecule has 138 valence electrons. The predicted molar refractivity (Wildman–Crippen MR) is 108 cm³/mol. The van der Waals surface area contributed by atoms with E-state index in [0.29, 0.717) is 32.8 Å². The summed E-state index contributed by atoms with van der Waals surface area (Å²) in [5, 5.41) is 6.70. The molecule has 2 N–H and O–H groups in total. The van der Waals surface area contributed by atoms with Crippen molar-refractivity contribution in [3.63, 3.8) is 0 Å². The van der Waals surface area contributed by atoms with Gasteiger partial charge in [-0.25, -0.2) is 4.98 Å². The fourth-order valence-corrected chi connectivity index (χ4v) is 3.65. The molecular weight excluding hydrogens is 382 g/mol. The van der Waals surface area contributed by atoms with Crippen molar-refractivity contribution in [2.24, 2.45) is 0 Å². The largest absolute Gasteiger partial charge is 0.347 e. The van der Waals surface area contributed by atoms with Gasteiger partial charge in [-0.05, 0) is 24.6 Å². The maximum atomic E-state index is 12.4. The lowest BCUT2D eigenvalue weighted by Gasteiger charge is -2.05. The highest BCUT2D eigenvalue weighted by atomic mass is 35.5. The Bertz CT molecular complexity index is 957. The van der Waals surface area contributed by atoms with Crippen molar-refractivity contribution in [2.45, 2.75) is 19.9 Å². The number of aryl methyl sites for hydroxylation is 1. The molecule has 0 radical (unpaired) electrons. The van der Waals surface area contributed by atoms with Gasteiger partial charge in [-0.3, -0.25) is 9.59 Å². The van der Waals surface area contributed by atoms with E-state index in [0.717, 1.165) is 5.56 Å². The van der Waals surface area contributed by atoms with Gasteiger partial charge in [-0.15, -0.1) is 11.3 Å². The zero-order valence-corrected chi connectivity index (χ0v) is 16.2. The Morgan fingerprint density at radius 1 is 1.07 bits per heavy atom. The standard InChI is InChI=1S/C20H18ClN3O2S/c1-13-19(20(26)22-12-14-7-3-2-4-8-14)27-18(23-13)11-17(25)24-16-10-6-5-9-15(16)21/h2-10H,11-12H2,1H3,(H,22,26)(H,24,25). The maximum absolute atomic E-state index is 12.4. The first-order chi connectivity index (χ1) is 13.0. The van der Waals surface area contributed by atoms with Gasteiger partial charge in [0.25, 0.3) is 5.91 Å². The lowest BCUT2D eigenvalue weighted by atomic mass is 10.2. The summed E-state index contributed by atoms with van der Waals surface area (Å²) in [6, 6.07) is 16.7. The lowest BCUT2D eigenvalue weighted by molar-refractivity contribution is -0.115. The molecular formula is C20H18ClN3O2S. The number of nitrogens with zero attached hydrogens (tertiary/aromatic N) is 1. The summed E-state index contributed by atoms with van der Waals surface area (Å²) in [6.45, 7) is 2.21. The molecule has 0 unspecified atom stereocenters. The Morgan fingerprint density at radius 2 is 1.78 bits per heavy atom. The number of hydrogen-bond acceptors (Lipinski definition) is 4. The van der Waals surface area contributed by atoms with Crippen LogP contribution in [0.3, 0.4) is 0 Å². The van der Waals surface area contributed by atoms with Crippen LogP contribution in [-0.4, -0.2) is 16.8 Å². The molecule has 3 aromatic rings. The Labute approximate surface area is 166 Å². The molecule has 0 aliphatic heterocycles. The van der Waals surface area contributed by atoms with Crippen LogP contribution in [0.2, 0.25) is 5.02 Å². The minimum atomic E-state index is -0.229. The number of halogens is 1. The highest BCUT2D eigenvalue weighted by molar-refractivity contribution is 7.13. The third kappa shape index (κ3) is 5.15. The average molecular weight is 400 g/mol. The molecule has 0 atom stereocenters. The van der Waals surface area contributed by atoms with E-state index < -0.39 is 0 Å². The van der Waals surface area contributed by atoms with Crippen LogP contribution in [0.15, 0.2) is 54.6 Å². The van der Waals surface area contributed by atoms with Gasteiger partial charge < -0.3 is 10.6 Å². The number of anilines is 1. The molecule has 0 aliphatic carbocycles. The normalized spacial score (nSPS) is 10.4. The summed E-state index contributed by atoms with van der Waals surface area (Å²) in [4.78, 5) is 29.5. The van der Waals surface area contributed by atoms with Crippen molar-refractivity contribution in [2.75, 3.05) is 5.32 Å². The molecule has 7 heteroatoms. The van der Waals surface area contributed by atoms with Crippen molar-refractivity contribution in [1.29, 1.82) is 0 Å². The third-order valence-corrected chi connectivity index (χ3v) is 5.29. The number of para-hydroxylation sites is 1. The van der Waals surface area contributed by atoms with Crippen LogP contribution in [0.1, 0.15) is 25.9 Å². The van der Waals surface area contributed by atoms with Crippen molar-refractivity contribution in [3.05, 3.63) is 80.8 Å². The minimum absolute atomic E-state index is 0.0860. The van der Waals surface area contributed by atoms with E-state index in [9.17, 15) is 9.59 Å². The van der Waals surface area contributed by atoms with E-state index in [-0.39, 0.29) is 18.2 Å². The Kier molecular flexibility index (Phi) is 6.21. The quantitative estimate of drug-likeness (QED) is 0.652. The number of thiazole rings is 1. The molecule has 1 heterocycles. The van der Waals surface area contributed by atoms with E-state index in [1.54, 1.807) is 31.2 Å². The Balaban J connectivity index is 1.61. The zero-order chi connectivity index (χ0) is 19.2. The van der Waals surface area contributed by atoms with Gasteiger partial charge in [0, 0.05) is 6.54 Å². The Morgan fingerprint density at radius 3 is 2.52 bits per heavy atom. The number of aromatic nitrogens is 1. The second-order valence-electron chi connectivity index (χ2n) is 5.90. The summed E-state index contributed by atoms with van der Waals surface area (Å²) < 4.78 is 0. The summed E-state index contributed by atoms with van der Waals surface area (Å²) in [6.07, 6.45) is 0.0860. The fraction of sp³-hybridized carbons (Fsp3) is 0.150. The Hall–Kier alpha value is -2.70. The second kappa shape index (κ2) is 8.79. The molecule has 2 aromatic carbocycles. The van der Waals surface area contributed by atoms with Crippen molar-refractivity contribution in [1.82, 2.24) is 10.3 Å². The average Bonchev–Trinajstić information content (AvgIpc) is 3.02. The number of rotatable bonds is 6. The molecule has 0 spiro atoms. The predicted octanol–water partition coefficient (Wildman–Crippen LogP) is 4.22. The molecule has 3 rings (SSSR count). The minimum Gasteiger partial charge on any atom is -0.347 e. The lowest BCUT2D eigenvalue weighted by Crippen LogP contribution is -2.22. The number of nitrogens with one attached hydrogen (secondary N) is 2. The zero-order valence-electron chi connectivity index (χ0n) is 14.7. The van der Waals surface area contributed by atoms with E-state index in [1.807, 2.05) is 30.3 Å². The van der Waals surface area contributed by atoms with Gasteiger partial charge in [0.15, 0.2) is 0 Å². The highest BCUT2D eigenvalue weighted by Crippen LogP contribution is 2.22. The maximum Gasteiger partial charge on any atom is 0.263 e. The number of carbonyl (C=O) groups excluding carboxylic acids is 2. The van der Waals surface area contributed by atoms with Gasteiger partial charge in [0.2, 0.25) is 5.91 Å². The van der Waals surface area contributed by atoms with Crippen LogP contribution in [-0.2, 0) is 17.8 Å². The molecule has 27 heavy (non-hydrogen) atoms. The molecule has 0 aliphatic rings. The first kappa shape index (κ1) is 19.1. The van der Waals surface area contributed by atoms with Gasteiger partial charge in [0.1, 0.15) is 9.88 Å². The molecule has 5 nitrogen and oxygen atoms in total. The van der Waals surface area contributed by atoms with Crippen LogP contribution in [0.5, 0.6) is 0 Å². The van der Waals surface area contributed by atoms with Crippen molar-refractivity contribution < 1.29 is 9.59 Å². The third-order valence-electron chi connectivity index (χ3n) is 3.80. The van der Waals surface area contributed by atoms with Crippen molar-refractivity contribution in [3.8, 4) is 0 Å². The van der Waals surface area contributed by atoms with E-state index in [1.165, 1.54) is 11.3 Å². The fourth-order valence-electron chi connectivity index (χ4n) is 2.49. The molecule has 0 saturated carbocycles.